The molecule has 3 fully saturated rings. The number of hydrogen-bond donors (Lipinski definition) is 1. The Balaban J connectivity index is 1.25. The van der Waals surface area contributed by atoms with Crippen LogP contribution in [0, 0.1) is 12.8 Å². The second-order valence-electron chi connectivity index (χ2n) is 10.2. The highest BCUT2D eigenvalue weighted by Gasteiger charge is 2.36. The van der Waals surface area contributed by atoms with Crippen LogP contribution < -0.4 is 5.32 Å². The van der Waals surface area contributed by atoms with Crippen molar-refractivity contribution in [2.24, 2.45) is 5.92 Å². The number of benzene rings is 1. The first kappa shape index (κ1) is 27.8. The lowest BCUT2D eigenvalue weighted by Crippen LogP contribution is -2.52. The number of aryl methyl sites for hydroxylation is 1. The van der Waals surface area contributed by atoms with Crippen LogP contribution in [-0.2, 0) is 24.3 Å². The minimum atomic E-state index is -3.83. The minimum absolute atomic E-state index is 0.0572. The molecule has 3 aliphatic rings. The number of amides is 1. The third-order valence-electron chi connectivity index (χ3n) is 7.41. The number of carbonyl (C=O) groups is 1. The molecule has 1 amide bonds. The van der Waals surface area contributed by atoms with E-state index in [1.807, 2.05) is 4.90 Å². The molecular weight excluding hydrogens is 504 g/mol. The monoisotopic (exact) mass is 542 g/mol. The molecule has 0 aromatic heterocycles. The van der Waals surface area contributed by atoms with Crippen LogP contribution in [0.4, 0.5) is 0 Å². The van der Waals surface area contributed by atoms with Crippen molar-refractivity contribution in [2.45, 2.75) is 43.7 Å². The lowest BCUT2D eigenvalue weighted by atomic mass is 9.92. The summed E-state index contributed by atoms with van der Waals surface area (Å²) in [6, 6.07) is 5.11. The number of halogens is 1. The van der Waals surface area contributed by atoms with Gasteiger partial charge in [0.1, 0.15) is 11.5 Å². The highest BCUT2D eigenvalue weighted by molar-refractivity contribution is 7.89. The summed E-state index contributed by atoms with van der Waals surface area (Å²) < 4.78 is 39.5. The highest BCUT2D eigenvalue weighted by Crippen LogP contribution is 2.30. The number of morpholine rings is 1. The van der Waals surface area contributed by atoms with Crippen molar-refractivity contribution in [3.8, 4) is 0 Å². The quantitative estimate of drug-likeness (QED) is 0.533. The Labute approximate surface area is 220 Å². The van der Waals surface area contributed by atoms with Crippen molar-refractivity contribution in [1.29, 1.82) is 0 Å². The molecule has 0 bridgehead atoms. The maximum absolute atomic E-state index is 13.4. The maximum Gasteiger partial charge on any atom is 0.248 e. The normalized spacial score (nSPS) is 26.8. The lowest BCUT2D eigenvalue weighted by molar-refractivity contribution is -0.139. The zero-order chi connectivity index (χ0) is 25.7. The van der Waals surface area contributed by atoms with Gasteiger partial charge in [0.25, 0.3) is 0 Å². The first-order valence-electron chi connectivity index (χ1n) is 12.9. The molecule has 1 aromatic carbocycles. The SMILES string of the molecule is Cc1cccc(Cl)c1S(=O)(=O)N1CCOC[C@H]1COCC(=O)N1CCN(CC2CCNC(C)C2)CC1. The van der Waals surface area contributed by atoms with Gasteiger partial charge in [0.05, 0.1) is 30.9 Å². The Bertz CT molecular complexity index is 982. The van der Waals surface area contributed by atoms with Crippen LogP contribution in [0.3, 0.4) is 0 Å². The summed E-state index contributed by atoms with van der Waals surface area (Å²) in [6.45, 7) is 10.1. The molecule has 1 N–H and O–H groups in total. The van der Waals surface area contributed by atoms with Gasteiger partial charge in [-0.3, -0.25) is 9.69 Å². The zero-order valence-corrected chi connectivity index (χ0v) is 22.9. The molecule has 36 heavy (non-hydrogen) atoms. The van der Waals surface area contributed by atoms with Gasteiger partial charge in [-0.2, -0.15) is 4.31 Å². The van der Waals surface area contributed by atoms with Gasteiger partial charge in [-0.05, 0) is 50.8 Å². The van der Waals surface area contributed by atoms with E-state index in [0.29, 0.717) is 31.3 Å². The molecule has 4 rings (SSSR count). The van der Waals surface area contributed by atoms with Crippen molar-refractivity contribution in [3.63, 3.8) is 0 Å². The molecule has 0 aliphatic carbocycles. The highest BCUT2D eigenvalue weighted by atomic mass is 35.5. The predicted octanol–water partition coefficient (Wildman–Crippen LogP) is 1.59. The second-order valence-corrected chi connectivity index (χ2v) is 12.4. The maximum atomic E-state index is 13.4. The van der Waals surface area contributed by atoms with Crippen LogP contribution in [0.2, 0.25) is 5.02 Å². The summed E-state index contributed by atoms with van der Waals surface area (Å²) in [5, 5.41) is 3.70. The van der Waals surface area contributed by atoms with Crippen molar-refractivity contribution >= 4 is 27.5 Å². The molecule has 9 nitrogen and oxygen atoms in total. The van der Waals surface area contributed by atoms with Gasteiger partial charge in [0, 0.05) is 45.3 Å². The smallest absolute Gasteiger partial charge is 0.248 e. The average molecular weight is 543 g/mol. The molecule has 0 radical (unpaired) electrons. The first-order chi connectivity index (χ1) is 17.3. The fourth-order valence-corrected chi connectivity index (χ4v) is 7.83. The van der Waals surface area contributed by atoms with E-state index in [4.69, 9.17) is 21.1 Å². The Hall–Kier alpha value is -1.27. The molecule has 1 aromatic rings. The van der Waals surface area contributed by atoms with Crippen LogP contribution in [-0.4, -0.2) is 113 Å². The van der Waals surface area contributed by atoms with E-state index in [-0.39, 0.29) is 42.2 Å². The minimum Gasteiger partial charge on any atom is -0.378 e. The Morgan fingerprint density at radius 3 is 2.72 bits per heavy atom. The van der Waals surface area contributed by atoms with E-state index >= 15 is 0 Å². The number of nitrogens with zero attached hydrogens (tertiary/aromatic N) is 3. The standard InChI is InChI=1S/C25H39ClN4O5S/c1-19-4-3-5-23(26)25(19)36(32,33)30-12-13-34-16-22(30)17-35-18-24(31)29-10-8-28(9-11-29)15-21-6-7-27-20(2)14-21/h3-5,20-22,27H,6-18H2,1-2H3/t20?,21?,22-/m0/s1. The summed E-state index contributed by atoms with van der Waals surface area (Å²) in [4.78, 5) is 17.2. The summed E-state index contributed by atoms with van der Waals surface area (Å²) in [5.74, 6) is 0.663. The van der Waals surface area contributed by atoms with E-state index < -0.39 is 16.1 Å². The molecule has 3 saturated heterocycles. The Morgan fingerprint density at radius 1 is 1.22 bits per heavy atom. The number of ether oxygens (including phenoxy) is 2. The van der Waals surface area contributed by atoms with E-state index in [0.717, 1.165) is 32.1 Å². The Morgan fingerprint density at radius 2 is 2.00 bits per heavy atom. The van der Waals surface area contributed by atoms with Crippen molar-refractivity contribution in [3.05, 3.63) is 28.8 Å². The van der Waals surface area contributed by atoms with Gasteiger partial charge >= 0.3 is 0 Å². The van der Waals surface area contributed by atoms with E-state index in [1.165, 1.54) is 17.1 Å². The number of piperazine rings is 1. The summed E-state index contributed by atoms with van der Waals surface area (Å²) >= 11 is 6.26. The number of nitrogens with one attached hydrogen (secondary N) is 1. The largest absolute Gasteiger partial charge is 0.378 e. The molecule has 3 heterocycles. The fraction of sp³-hybridized carbons (Fsp3) is 0.720. The third-order valence-corrected chi connectivity index (χ3v) is 10.00. The molecule has 0 spiro atoms. The second kappa shape index (κ2) is 12.5. The van der Waals surface area contributed by atoms with E-state index in [1.54, 1.807) is 25.1 Å². The van der Waals surface area contributed by atoms with E-state index in [2.05, 4.69) is 17.1 Å². The molecule has 202 valence electrons. The van der Waals surface area contributed by atoms with Gasteiger partial charge in [-0.15, -0.1) is 0 Å². The van der Waals surface area contributed by atoms with Gasteiger partial charge in [-0.25, -0.2) is 8.42 Å². The molecule has 2 unspecified atom stereocenters. The van der Waals surface area contributed by atoms with Crippen LogP contribution in [0.5, 0.6) is 0 Å². The molecular formula is C25H39ClN4O5S. The van der Waals surface area contributed by atoms with Gasteiger partial charge in [0.2, 0.25) is 15.9 Å². The average Bonchev–Trinajstić information content (AvgIpc) is 2.84. The van der Waals surface area contributed by atoms with Crippen LogP contribution in [0.1, 0.15) is 25.3 Å². The van der Waals surface area contributed by atoms with E-state index in [9.17, 15) is 13.2 Å². The molecule has 3 atom stereocenters. The van der Waals surface area contributed by atoms with Crippen molar-refractivity contribution in [1.82, 2.24) is 19.4 Å². The topological polar surface area (TPSA) is 91.4 Å². The summed E-state index contributed by atoms with van der Waals surface area (Å²) in [6.07, 6.45) is 2.42. The van der Waals surface area contributed by atoms with Crippen molar-refractivity contribution < 1.29 is 22.7 Å². The van der Waals surface area contributed by atoms with Crippen LogP contribution in [0.25, 0.3) is 0 Å². The number of carbonyl (C=O) groups excluding carboxylic acids is 1. The number of piperidine rings is 1. The molecule has 3 aliphatic heterocycles. The van der Waals surface area contributed by atoms with Crippen LogP contribution in [0.15, 0.2) is 23.1 Å². The first-order valence-corrected chi connectivity index (χ1v) is 14.7. The van der Waals surface area contributed by atoms with Gasteiger partial charge in [0.15, 0.2) is 0 Å². The third kappa shape index (κ3) is 6.78. The Kier molecular flexibility index (Phi) is 9.65. The zero-order valence-electron chi connectivity index (χ0n) is 21.3. The van der Waals surface area contributed by atoms with Gasteiger partial charge < -0.3 is 19.7 Å². The van der Waals surface area contributed by atoms with Gasteiger partial charge in [-0.1, -0.05) is 23.7 Å². The molecule has 11 heteroatoms. The van der Waals surface area contributed by atoms with Crippen LogP contribution >= 0.6 is 11.6 Å². The summed E-state index contributed by atoms with van der Waals surface area (Å²) in [5.41, 5.74) is 0.595. The number of rotatable bonds is 8. The molecule has 0 saturated carbocycles. The fourth-order valence-electron chi connectivity index (χ4n) is 5.47. The summed E-state index contributed by atoms with van der Waals surface area (Å²) in [7, 11) is -3.83. The predicted molar refractivity (Wildman–Crippen MR) is 139 cm³/mol. The number of sulfonamides is 1. The number of hydrogen-bond acceptors (Lipinski definition) is 7. The van der Waals surface area contributed by atoms with Crippen molar-refractivity contribution in [2.75, 3.05) is 72.2 Å². The lowest BCUT2D eigenvalue weighted by Gasteiger charge is -2.38.